The highest BCUT2D eigenvalue weighted by Crippen LogP contribution is 2.32. The Hall–Kier alpha value is -2.49. The van der Waals surface area contributed by atoms with E-state index in [0.29, 0.717) is 18.8 Å². The summed E-state index contributed by atoms with van der Waals surface area (Å²) in [4.78, 5) is 15.4. The Morgan fingerprint density at radius 2 is 1.68 bits per heavy atom. The number of benzene rings is 2. The molecule has 0 spiro atoms. The Kier molecular flexibility index (Phi) is 6.98. The number of hydrogen-bond donors (Lipinski definition) is 1. The monoisotopic (exact) mass is 446 g/mol. The first-order valence-corrected chi connectivity index (χ1v) is 11.9. The molecule has 8 nitrogen and oxygen atoms in total. The SMILES string of the molecule is CC(C)(C)NS(=O)(=O)c1ccc(N2CCN(CCc3ccccc3)CC2)c([N+](=O)[O-])c1. The second-order valence-corrected chi connectivity index (χ2v) is 10.5. The molecule has 1 aliphatic heterocycles. The second kappa shape index (κ2) is 9.33. The van der Waals surface area contributed by atoms with Crippen molar-refractivity contribution in [1.29, 1.82) is 0 Å². The topological polar surface area (TPSA) is 95.8 Å². The third-order valence-electron chi connectivity index (χ3n) is 5.17. The van der Waals surface area contributed by atoms with Gasteiger partial charge in [0.15, 0.2) is 0 Å². The van der Waals surface area contributed by atoms with E-state index in [1.807, 2.05) is 23.1 Å². The van der Waals surface area contributed by atoms with Crippen LogP contribution in [0.15, 0.2) is 53.4 Å². The van der Waals surface area contributed by atoms with E-state index < -0.39 is 20.5 Å². The number of nitro groups is 1. The van der Waals surface area contributed by atoms with E-state index in [2.05, 4.69) is 21.8 Å². The van der Waals surface area contributed by atoms with Crippen LogP contribution in [0, 0.1) is 10.1 Å². The Labute approximate surface area is 184 Å². The summed E-state index contributed by atoms with van der Waals surface area (Å²) in [6, 6.07) is 14.5. The van der Waals surface area contributed by atoms with Gasteiger partial charge in [0.1, 0.15) is 5.69 Å². The third kappa shape index (κ3) is 6.25. The highest BCUT2D eigenvalue weighted by Gasteiger charge is 2.28. The quantitative estimate of drug-likeness (QED) is 0.519. The van der Waals surface area contributed by atoms with Gasteiger partial charge in [-0.15, -0.1) is 0 Å². The zero-order chi connectivity index (χ0) is 22.6. The molecule has 1 fully saturated rings. The van der Waals surface area contributed by atoms with Crippen molar-refractivity contribution in [3.63, 3.8) is 0 Å². The Morgan fingerprint density at radius 3 is 2.26 bits per heavy atom. The highest BCUT2D eigenvalue weighted by molar-refractivity contribution is 7.89. The van der Waals surface area contributed by atoms with E-state index in [1.165, 1.54) is 11.6 Å². The molecule has 2 aromatic carbocycles. The molecule has 1 N–H and O–H groups in total. The fourth-order valence-corrected chi connectivity index (χ4v) is 5.13. The molecule has 0 aliphatic carbocycles. The van der Waals surface area contributed by atoms with Crippen molar-refractivity contribution in [2.24, 2.45) is 0 Å². The van der Waals surface area contributed by atoms with Gasteiger partial charge in [0, 0.05) is 44.3 Å². The third-order valence-corrected chi connectivity index (χ3v) is 6.92. The average Bonchev–Trinajstić information content (AvgIpc) is 2.71. The summed E-state index contributed by atoms with van der Waals surface area (Å²) in [5.74, 6) is 0. The number of piperazine rings is 1. The molecule has 0 radical (unpaired) electrons. The molecule has 3 rings (SSSR count). The molecule has 0 atom stereocenters. The van der Waals surface area contributed by atoms with Crippen molar-refractivity contribution < 1.29 is 13.3 Å². The summed E-state index contributed by atoms with van der Waals surface area (Å²) in [5, 5.41) is 11.7. The lowest BCUT2D eigenvalue weighted by atomic mass is 10.1. The Bertz CT molecular complexity index is 1010. The first-order chi connectivity index (χ1) is 14.5. The Morgan fingerprint density at radius 1 is 1.03 bits per heavy atom. The van der Waals surface area contributed by atoms with Crippen LogP contribution in [0.25, 0.3) is 0 Å². The predicted molar refractivity (Wildman–Crippen MR) is 122 cm³/mol. The number of rotatable bonds is 7. The van der Waals surface area contributed by atoms with Crippen LogP contribution in [0.3, 0.4) is 0 Å². The van der Waals surface area contributed by atoms with Crippen molar-refractivity contribution in [2.75, 3.05) is 37.6 Å². The lowest BCUT2D eigenvalue weighted by Gasteiger charge is -2.35. The molecule has 1 heterocycles. The summed E-state index contributed by atoms with van der Waals surface area (Å²) in [5.41, 5.74) is 0.890. The zero-order valence-corrected chi connectivity index (χ0v) is 19.1. The van der Waals surface area contributed by atoms with E-state index >= 15 is 0 Å². The van der Waals surface area contributed by atoms with Crippen molar-refractivity contribution in [3.05, 3.63) is 64.2 Å². The van der Waals surface area contributed by atoms with Crippen LogP contribution in [-0.4, -0.2) is 56.5 Å². The van der Waals surface area contributed by atoms with Crippen LogP contribution in [0.4, 0.5) is 11.4 Å². The molecule has 9 heteroatoms. The van der Waals surface area contributed by atoms with Gasteiger partial charge in [-0.3, -0.25) is 15.0 Å². The van der Waals surface area contributed by atoms with E-state index in [9.17, 15) is 18.5 Å². The smallest absolute Gasteiger partial charge is 0.293 e. The average molecular weight is 447 g/mol. The summed E-state index contributed by atoms with van der Waals surface area (Å²) < 4.78 is 27.7. The zero-order valence-electron chi connectivity index (χ0n) is 18.2. The molecule has 2 aromatic rings. The van der Waals surface area contributed by atoms with E-state index in [-0.39, 0.29) is 10.6 Å². The molecule has 31 heavy (non-hydrogen) atoms. The van der Waals surface area contributed by atoms with E-state index in [4.69, 9.17) is 0 Å². The van der Waals surface area contributed by atoms with Crippen LogP contribution in [0.5, 0.6) is 0 Å². The molecule has 1 aliphatic rings. The van der Waals surface area contributed by atoms with Crippen molar-refractivity contribution in [1.82, 2.24) is 9.62 Å². The number of nitrogens with one attached hydrogen (secondary N) is 1. The molecular weight excluding hydrogens is 416 g/mol. The lowest BCUT2D eigenvalue weighted by Crippen LogP contribution is -2.47. The van der Waals surface area contributed by atoms with Crippen molar-refractivity contribution in [3.8, 4) is 0 Å². The number of anilines is 1. The summed E-state index contributed by atoms with van der Waals surface area (Å²) in [6.45, 7) is 9.03. The van der Waals surface area contributed by atoms with Crippen molar-refractivity contribution >= 4 is 21.4 Å². The molecule has 168 valence electrons. The summed E-state index contributed by atoms with van der Waals surface area (Å²) in [7, 11) is -3.85. The van der Waals surface area contributed by atoms with Crippen LogP contribution < -0.4 is 9.62 Å². The van der Waals surface area contributed by atoms with Gasteiger partial charge in [0.2, 0.25) is 10.0 Å². The first-order valence-electron chi connectivity index (χ1n) is 10.4. The molecular formula is C22H30N4O4S. The first kappa shape index (κ1) is 23.2. The maximum atomic E-state index is 12.6. The van der Waals surface area contributed by atoms with E-state index in [0.717, 1.165) is 32.1 Å². The number of sulfonamides is 1. The second-order valence-electron chi connectivity index (χ2n) is 8.83. The van der Waals surface area contributed by atoms with Crippen molar-refractivity contribution in [2.45, 2.75) is 37.6 Å². The molecule has 0 bridgehead atoms. The van der Waals surface area contributed by atoms with E-state index in [1.54, 1.807) is 26.8 Å². The largest absolute Gasteiger partial charge is 0.363 e. The van der Waals surface area contributed by atoms with Gasteiger partial charge >= 0.3 is 0 Å². The highest BCUT2D eigenvalue weighted by atomic mass is 32.2. The van der Waals surface area contributed by atoms with Gasteiger partial charge in [0.25, 0.3) is 5.69 Å². The molecule has 0 aromatic heterocycles. The maximum absolute atomic E-state index is 12.6. The van der Waals surface area contributed by atoms with Crippen LogP contribution >= 0.6 is 0 Å². The Balaban J connectivity index is 1.69. The summed E-state index contributed by atoms with van der Waals surface area (Å²) in [6.07, 6.45) is 0.967. The fraction of sp³-hybridized carbons (Fsp3) is 0.455. The number of hydrogen-bond acceptors (Lipinski definition) is 6. The molecule has 0 saturated carbocycles. The molecule has 0 unspecified atom stereocenters. The van der Waals surface area contributed by atoms with Gasteiger partial charge in [0.05, 0.1) is 9.82 Å². The number of nitrogens with zero attached hydrogens (tertiary/aromatic N) is 3. The van der Waals surface area contributed by atoms with Gasteiger partial charge < -0.3 is 4.90 Å². The van der Waals surface area contributed by atoms with Crippen LogP contribution in [0.2, 0.25) is 0 Å². The van der Waals surface area contributed by atoms with Gasteiger partial charge in [-0.25, -0.2) is 13.1 Å². The van der Waals surface area contributed by atoms with Gasteiger partial charge in [-0.1, -0.05) is 30.3 Å². The minimum atomic E-state index is -3.85. The van der Waals surface area contributed by atoms with Crippen LogP contribution in [0.1, 0.15) is 26.3 Å². The predicted octanol–water partition coefficient (Wildman–Crippen LogP) is 3.04. The number of nitro benzene ring substituents is 1. The molecule has 0 amide bonds. The summed E-state index contributed by atoms with van der Waals surface area (Å²) >= 11 is 0. The standard InChI is InChI=1S/C22H30N4O4S/c1-22(2,3)23-31(29,30)19-9-10-20(21(17-19)26(27)28)25-15-13-24(14-16-25)12-11-18-7-5-4-6-8-18/h4-10,17,23H,11-16H2,1-3H3. The molecule has 1 saturated heterocycles. The lowest BCUT2D eigenvalue weighted by molar-refractivity contribution is -0.384. The van der Waals surface area contributed by atoms with Gasteiger partial charge in [-0.05, 0) is 44.9 Å². The van der Waals surface area contributed by atoms with Crippen LogP contribution in [-0.2, 0) is 16.4 Å². The minimum absolute atomic E-state index is 0.0978. The van der Waals surface area contributed by atoms with Gasteiger partial charge in [-0.2, -0.15) is 0 Å². The fourth-order valence-electron chi connectivity index (χ4n) is 3.69. The maximum Gasteiger partial charge on any atom is 0.293 e. The minimum Gasteiger partial charge on any atom is -0.363 e. The normalized spacial score (nSPS) is 15.8.